The molecule has 1 aromatic rings. The van der Waals surface area contributed by atoms with E-state index in [0.29, 0.717) is 0 Å². The van der Waals surface area contributed by atoms with Crippen LogP contribution in [0.25, 0.3) is 0 Å². The van der Waals surface area contributed by atoms with Crippen LogP contribution in [0.4, 0.5) is 0 Å². The Labute approximate surface area is 109 Å². The summed E-state index contributed by atoms with van der Waals surface area (Å²) >= 11 is 0. The molecule has 0 aromatic heterocycles. The zero-order valence-electron chi connectivity index (χ0n) is 10.9. The van der Waals surface area contributed by atoms with Crippen molar-refractivity contribution in [3.05, 3.63) is 36.1 Å². The molecule has 1 aromatic carbocycles. The summed E-state index contributed by atoms with van der Waals surface area (Å²) in [5, 5.41) is 0. The highest BCUT2D eigenvalue weighted by molar-refractivity contribution is 5.43. The third-order valence-corrected chi connectivity index (χ3v) is 2.99. The molecule has 0 saturated carbocycles. The Kier molecular flexibility index (Phi) is 4.65. The Morgan fingerprint density at radius 3 is 3.11 bits per heavy atom. The monoisotopic (exact) mass is 247 g/mol. The lowest BCUT2D eigenvalue weighted by molar-refractivity contribution is 0.302. The molecule has 98 valence electrons. The molecule has 0 aliphatic carbocycles. The maximum Gasteiger partial charge on any atom is 0.133 e. The quantitative estimate of drug-likeness (QED) is 0.786. The predicted molar refractivity (Wildman–Crippen MR) is 72.9 cm³/mol. The second-order valence-corrected chi connectivity index (χ2v) is 4.78. The van der Waals surface area contributed by atoms with Gasteiger partial charge in [-0.15, -0.1) is 0 Å². The van der Waals surface area contributed by atoms with E-state index in [-0.39, 0.29) is 6.04 Å². The largest absolute Gasteiger partial charge is 0.493 e. The van der Waals surface area contributed by atoms with E-state index in [4.69, 9.17) is 15.2 Å². The number of nitrogens with two attached hydrogens (primary N) is 1. The van der Waals surface area contributed by atoms with Crippen molar-refractivity contribution >= 4 is 0 Å². The van der Waals surface area contributed by atoms with Gasteiger partial charge < -0.3 is 15.2 Å². The van der Waals surface area contributed by atoms with Gasteiger partial charge in [0.25, 0.3) is 0 Å². The van der Waals surface area contributed by atoms with Crippen LogP contribution in [0.5, 0.6) is 11.5 Å². The Hall–Kier alpha value is -1.48. The number of ether oxygens (including phenoxy) is 2. The van der Waals surface area contributed by atoms with Crippen molar-refractivity contribution in [2.75, 3.05) is 6.61 Å². The highest BCUT2D eigenvalue weighted by Gasteiger charge is 2.07. The van der Waals surface area contributed by atoms with Crippen LogP contribution in [0, 0.1) is 0 Å². The smallest absolute Gasteiger partial charge is 0.133 e. The highest BCUT2D eigenvalue weighted by atomic mass is 16.5. The summed E-state index contributed by atoms with van der Waals surface area (Å²) in [5.74, 6) is 1.79. The van der Waals surface area contributed by atoms with E-state index in [2.05, 4.69) is 6.07 Å². The van der Waals surface area contributed by atoms with Crippen LogP contribution in [0.3, 0.4) is 0 Å². The standard InChI is InChI=1S/C15H21NO2/c1-12(16)5-2-3-9-17-14-8-7-13-6-4-10-18-15(13)11-14/h4,7-8,10-12H,2-3,5-6,9,16H2,1H3. The number of unbranched alkanes of at least 4 members (excludes halogenated alkanes) is 1. The molecule has 1 atom stereocenters. The van der Waals surface area contributed by atoms with E-state index in [9.17, 15) is 0 Å². The van der Waals surface area contributed by atoms with Gasteiger partial charge in [0.1, 0.15) is 11.5 Å². The number of fused-ring (bicyclic) bond motifs is 1. The zero-order chi connectivity index (χ0) is 12.8. The Morgan fingerprint density at radius 1 is 1.39 bits per heavy atom. The molecule has 0 amide bonds. The molecule has 0 bridgehead atoms. The average molecular weight is 247 g/mol. The fourth-order valence-electron chi connectivity index (χ4n) is 1.96. The Balaban J connectivity index is 1.77. The fourth-order valence-corrected chi connectivity index (χ4v) is 1.96. The molecule has 1 aliphatic rings. The van der Waals surface area contributed by atoms with Crippen molar-refractivity contribution in [3.8, 4) is 11.5 Å². The van der Waals surface area contributed by atoms with Gasteiger partial charge in [-0.25, -0.2) is 0 Å². The normalized spacial score (nSPS) is 14.8. The molecule has 2 N–H and O–H groups in total. The van der Waals surface area contributed by atoms with Crippen LogP contribution in [0.2, 0.25) is 0 Å². The first-order valence-corrected chi connectivity index (χ1v) is 6.58. The van der Waals surface area contributed by atoms with Crippen LogP contribution < -0.4 is 15.2 Å². The second kappa shape index (κ2) is 6.45. The molecule has 0 fully saturated rings. The minimum atomic E-state index is 0.286. The molecule has 18 heavy (non-hydrogen) atoms. The van der Waals surface area contributed by atoms with E-state index < -0.39 is 0 Å². The van der Waals surface area contributed by atoms with Crippen LogP contribution in [-0.4, -0.2) is 12.6 Å². The Morgan fingerprint density at radius 2 is 2.28 bits per heavy atom. The summed E-state index contributed by atoms with van der Waals surface area (Å²) in [6, 6.07) is 6.32. The maximum atomic E-state index is 5.71. The molecule has 2 rings (SSSR count). The van der Waals surface area contributed by atoms with Crippen molar-refractivity contribution in [3.63, 3.8) is 0 Å². The van der Waals surface area contributed by atoms with Gasteiger partial charge in [-0.1, -0.05) is 6.07 Å². The van der Waals surface area contributed by atoms with Gasteiger partial charge in [0.05, 0.1) is 12.9 Å². The van der Waals surface area contributed by atoms with Gasteiger partial charge in [-0.05, 0) is 50.3 Å². The van der Waals surface area contributed by atoms with E-state index in [1.807, 2.05) is 25.1 Å². The minimum Gasteiger partial charge on any atom is -0.493 e. The van der Waals surface area contributed by atoms with Crippen molar-refractivity contribution in [1.29, 1.82) is 0 Å². The number of allylic oxidation sites excluding steroid dienone is 1. The lowest BCUT2D eigenvalue weighted by atomic mass is 10.1. The SMILES string of the molecule is CC(N)CCCCOc1ccc2c(c1)OC=CC2. The van der Waals surface area contributed by atoms with Crippen molar-refractivity contribution in [2.24, 2.45) is 5.73 Å². The van der Waals surface area contributed by atoms with Crippen LogP contribution >= 0.6 is 0 Å². The van der Waals surface area contributed by atoms with Crippen molar-refractivity contribution < 1.29 is 9.47 Å². The first kappa shape index (κ1) is 13.0. The third kappa shape index (κ3) is 3.77. The molecule has 3 nitrogen and oxygen atoms in total. The van der Waals surface area contributed by atoms with Gasteiger partial charge >= 0.3 is 0 Å². The topological polar surface area (TPSA) is 44.5 Å². The van der Waals surface area contributed by atoms with Crippen molar-refractivity contribution in [1.82, 2.24) is 0 Å². The molecule has 1 unspecified atom stereocenters. The zero-order valence-corrected chi connectivity index (χ0v) is 10.9. The van der Waals surface area contributed by atoms with Gasteiger partial charge in [0.15, 0.2) is 0 Å². The summed E-state index contributed by atoms with van der Waals surface area (Å²) in [4.78, 5) is 0. The number of hydrogen-bond donors (Lipinski definition) is 1. The molecule has 0 radical (unpaired) electrons. The van der Waals surface area contributed by atoms with E-state index in [0.717, 1.165) is 43.8 Å². The summed E-state index contributed by atoms with van der Waals surface area (Å²) in [6.07, 6.45) is 7.89. The first-order valence-electron chi connectivity index (χ1n) is 6.58. The first-order chi connectivity index (χ1) is 8.75. The van der Waals surface area contributed by atoms with E-state index in [1.54, 1.807) is 6.26 Å². The maximum absolute atomic E-state index is 5.71. The van der Waals surface area contributed by atoms with Crippen LogP contribution in [0.1, 0.15) is 31.7 Å². The number of benzene rings is 1. The molecule has 1 aliphatic heterocycles. The van der Waals surface area contributed by atoms with Crippen LogP contribution in [-0.2, 0) is 6.42 Å². The molecular weight excluding hydrogens is 226 g/mol. The molecular formula is C15H21NO2. The summed E-state index contributed by atoms with van der Waals surface area (Å²) in [6.45, 7) is 2.77. The average Bonchev–Trinajstić information content (AvgIpc) is 2.38. The van der Waals surface area contributed by atoms with Gasteiger partial charge in [-0.2, -0.15) is 0 Å². The molecule has 0 spiro atoms. The molecule has 0 saturated heterocycles. The summed E-state index contributed by atoms with van der Waals surface area (Å²) in [5.41, 5.74) is 6.91. The third-order valence-electron chi connectivity index (χ3n) is 2.99. The summed E-state index contributed by atoms with van der Waals surface area (Å²) in [7, 11) is 0. The van der Waals surface area contributed by atoms with E-state index >= 15 is 0 Å². The number of rotatable bonds is 6. The van der Waals surface area contributed by atoms with Gasteiger partial charge in [0.2, 0.25) is 0 Å². The van der Waals surface area contributed by atoms with Gasteiger partial charge in [0, 0.05) is 12.1 Å². The lowest BCUT2D eigenvalue weighted by Gasteiger charge is -2.13. The van der Waals surface area contributed by atoms with Crippen LogP contribution in [0.15, 0.2) is 30.5 Å². The van der Waals surface area contributed by atoms with Gasteiger partial charge in [-0.3, -0.25) is 0 Å². The van der Waals surface area contributed by atoms with Crippen molar-refractivity contribution in [2.45, 2.75) is 38.6 Å². The van der Waals surface area contributed by atoms with E-state index in [1.165, 1.54) is 5.56 Å². The summed E-state index contributed by atoms with van der Waals surface area (Å²) < 4.78 is 11.2. The second-order valence-electron chi connectivity index (χ2n) is 4.78. The lowest BCUT2D eigenvalue weighted by Crippen LogP contribution is -2.14. The highest BCUT2D eigenvalue weighted by Crippen LogP contribution is 2.28. The Bertz CT molecular complexity index is 413. The fraction of sp³-hybridized carbons (Fsp3) is 0.467. The molecule has 3 heteroatoms. The number of hydrogen-bond acceptors (Lipinski definition) is 3. The molecule has 1 heterocycles. The minimum absolute atomic E-state index is 0.286. The predicted octanol–water partition coefficient (Wildman–Crippen LogP) is 3.03.